The Labute approximate surface area is 152 Å². The maximum Gasteiger partial charge on any atom is 0.292 e. The van der Waals surface area contributed by atoms with Crippen molar-refractivity contribution in [1.82, 2.24) is 24.5 Å². The number of unbranched alkanes of at least 4 members (excludes halogenated alkanes) is 1. The molecule has 0 spiro atoms. The molecule has 0 bridgehead atoms. The third-order valence-electron chi connectivity index (χ3n) is 3.68. The zero-order valence-electron chi connectivity index (χ0n) is 13.6. The number of nitrogens with one attached hydrogen (secondary N) is 1. The highest BCUT2D eigenvalue weighted by atomic mass is 35.5. The molecule has 10 heteroatoms. The van der Waals surface area contributed by atoms with Crippen molar-refractivity contribution in [2.75, 3.05) is 11.9 Å². The molecule has 2 heterocycles. The number of aromatic nitrogens is 5. The standard InChI is InChI=1S/C16H15ClF2N6O/c17-15-13(20-5-1-2-6-24-9-21-22-10-24)8-23-25(16(15)26)14-4-3-11(18)7-12(14)19/h3-4,7-10,20H,1-2,5-6H2. The summed E-state index contributed by atoms with van der Waals surface area (Å²) in [6.07, 6.45) is 6.33. The first-order valence-corrected chi connectivity index (χ1v) is 8.23. The molecule has 0 saturated heterocycles. The van der Waals surface area contributed by atoms with Crippen LogP contribution in [0.25, 0.3) is 5.69 Å². The van der Waals surface area contributed by atoms with E-state index in [0.29, 0.717) is 18.3 Å². The van der Waals surface area contributed by atoms with Crippen LogP contribution in [-0.2, 0) is 6.54 Å². The van der Waals surface area contributed by atoms with Crippen molar-refractivity contribution < 1.29 is 8.78 Å². The van der Waals surface area contributed by atoms with E-state index < -0.39 is 17.2 Å². The highest BCUT2D eigenvalue weighted by Gasteiger charge is 2.13. The van der Waals surface area contributed by atoms with Crippen molar-refractivity contribution in [1.29, 1.82) is 0 Å². The molecule has 0 aliphatic carbocycles. The second-order valence-electron chi connectivity index (χ2n) is 5.52. The summed E-state index contributed by atoms with van der Waals surface area (Å²) in [4.78, 5) is 12.3. The third-order valence-corrected chi connectivity index (χ3v) is 4.05. The molecule has 0 saturated carbocycles. The Balaban J connectivity index is 1.64. The van der Waals surface area contributed by atoms with Crippen molar-refractivity contribution in [2.24, 2.45) is 0 Å². The van der Waals surface area contributed by atoms with Gasteiger partial charge in [0.05, 0.1) is 11.9 Å². The van der Waals surface area contributed by atoms with E-state index in [1.165, 1.54) is 6.20 Å². The number of rotatable bonds is 7. The summed E-state index contributed by atoms with van der Waals surface area (Å²) >= 11 is 6.07. The van der Waals surface area contributed by atoms with Gasteiger partial charge in [-0.05, 0) is 25.0 Å². The Morgan fingerprint density at radius 1 is 1.15 bits per heavy atom. The van der Waals surface area contributed by atoms with E-state index in [1.807, 2.05) is 4.57 Å². The van der Waals surface area contributed by atoms with Gasteiger partial charge in [0.15, 0.2) is 5.82 Å². The van der Waals surface area contributed by atoms with Gasteiger partial charge in [-0.25, -0.2) is 8.78 Å². The van der Waals surface area contributed by atoms with Crippen LogP contribution in [0.1, 0.15) is 12.8 Å². The second-order valence-corrected chi connectivity index (χ2v) is 5.90. The quantitative estimate of drug-likeness (QED) is 0.637. The minimum absolute atomic E-state index is 0.109. The number of aryl methyl sites for hydroxylation is 1. The van der Waals surface area contributed by atoms with E-state index >= 15 is 0 Å². The predicted octanol–water partition coefficient (Wildman–Crippen LogP) is 2.65. The van der Waals surface area contributed by atoms with Gasteiger partial charge < -0.3 is 9.88 Å². The monoisotopic (exact) mass is 380 g/mol. The van der Waals surface area contributed by atoms with Gasteiger partial charge in [-0.3, -0.25) is 4.79 Å². The van der Waals surface area contributed by atoms with Crippen molar-refractivity contribution in [3.05, 3.63) is 64.1 Å². The first kappa shape index (κ1) is 18.0. The number of halogens is 3. The van der Waals surface area contributed by atoms with Crippen molar-refractivity contribution in [3.63, 3.8) is 0 Å². The lowest BCUT2D eigenvalue weighted by Gasteiger charge is -2.11. The molecule has 3 aromatic rings. The van der Waals surface area contributed by atoms with Crippen LogP contribution in [-0.4, -0.2) is 31.1 Å². The average molecular weight is 381 g/mol. The molecule has 1 aromatic carbocycles. The van der Waals surface area contributed by atoms with Crippen LogP contribution < -0.4 is 10.9 Å². The lowest BCUT2D eigenvalue weighted by molar-refractivity contribution is 0.570. The first-order chi connectivity index (χ1) is 12.6. The fourth-order valence-corrected chi connectivity index (χ4v) is 2.56. The minimum Gasteiger partial charge on any atom is -0.382 e. The largest absolute Gasteiger partial charge is 0.382 e. The van der Waals surface area contributed by atoms with E-state index in [9.17, 15) is 13.6 Å². The smallest absolute Gasteiger partial charge is 0.292 e. The average Bonchev–Trinajstić information content (AvgIpc) is 3.12. The van der Waals surface area contributed by atoms with E-state index in [0.717, 1.165) is 36.2 Å². The molecule has 0 amide bonds. The second kappa shape index (κ2) is 8.05. The Kier molecular flexibility index (Phi) is 5.57. The summed E-state index contributed by atoms with van der Waals surface area (Å²) in [6, 6.07) is 2.86. The van der Waals surface area contributed by atoms with Gasteiger partial charge in [0.1, 0.15) is 29.2 Å². The van der Waals surface area contributed by atoms with Gasteiger partial charge in [-0.1, -0.05) is 11.6 Å². The topological polar surface area (TPSA) is 77.6 Å². The van der Waals surface area contributed by atoms with Gasteiger partial charge in [-0.2, -0.15) is 9.78 Å². The van der Waals surface area contributed by atoms with Crippen LogP contribution in [0.5, 0.6) is 0 Å². The highest BCUT2D eigenvalue weighted by molar-refractivity contribution is 6.32. The maximum atomic E-state index is 13.8. The van der Waals surface area contributed by atoms with Gasteiger partial charge in [0, 0.05) is 19.2 Å². The Morgan fingerprint density at radius 2 is 1.92 bits per heavy atom. The number of anilines is 1. The lowest BCUT2D eigenvalue weighted by atomic mass is 10.3. The van der Waals surface area contributed by atoms with Crippen LogP contribution in [0.15, 0.2) is 41.8 Å². The number of nitrogens with zero attached hydrogens (tertiary/aromatic N) is 5. The maximum absolute atomic E-state index is 13.8. The van der Waals surface area contributed by atoms with Gasteiger partial charge in [-0.15, -0.1) is 10.2 Å². The van der Waals surface area contributed by atoms with Crippen LogP contribution in [0.2, 0.25) is 5.02 Å². The summed E-state index contributed by atoms with van der Waals surface area (Å²) in [7, 11) is 0. The summed E-state index contributed by atoms with van der Waals surface area (Å²) < 4.78 is 29.5. The van der Waals surface area contributed by atoms with Crippen LogP contribution in [0, 0.1) is 11.6 Å². The van der Waals surface area contributed by atoms with E-state index in [-0.39, 0.29) is 10.7 Å². The summed E-state index contributed by atoms with van der Waals surface area (Å²) in [5.74, 6) is -1.64. The van der Waals surface area contributed by atoms with Gasteiger partial charge >= 0.3 is 0 Å². The molecule has 3 rings (SSSR count). The fraction of sp³-hybridized carbons (Fsp3) is 0.250. The molecule has 0 aliphatic rings. The first-order valence-electron chi connectivity index (χ1n) is 7.86. The third kappa shape index (κ3) is 4.05. The van der Waals surface area contributed by atoms with Crippen LogP contribution >= 0.6 is 11.6 Å². The molecular weight excluding hydrogens is 366 g/mol. The summed E-state index contributed by atoms with van der Waals surface area (Å²) in [5, 5.41) is 14.3. The van der Waals surface area contributed by atoms with Crippen molar-refractivity contribution in [3.8, 4) is 5.69 Å². The zero-order valence-corrected chi connectivity index (χ0v) is 14.3. The molecule has 2 aromatic heterocycles. The molecule has 7 nitrogen and oxygen atoms in total. The van der Waals surface area contributed by atoms with E-state index in [4.69, 9.17) is 11.6 Å². The molecular formula is C16H15ClF2N6O. The lowest BCUT2D eigenvalue weighted by Crippen LogP contribution is -2.23. The number of benzene rings is 1. The van der Waals surface area contributed by atoms with E-state index in [2.05, 4.69) is 20.6 Å². The van der Waals surface area contributed by atoms with Gasteiger partial charge in [0.2, 0.25) is 0 Å². The molecule has 0 fully saturated rings. The number of hydrogen-bond acceptors (Lipinski definition) is 5. The minimum atomic E-state index is -0.898. The van der Waals surface area contributed by atoms with Gasteiger partial charge in [0.25, 0.3) is 5.56 Å². The molecule has 0 radical (unpaired) electrons. The Hall–Kier alpha value is -2.81. The SMILES string of the molecule is O=c1c(Cl)c(NCCCCn2cnnc2)cnn1-c1ccc(F)cc1F. The normalized spacial score (nSPS) is 10.9. The van der Waals surface area contributed by atoms with Crippen molar-refractivity contribution >= 4 is 17.3 Å². The molecule has 0 unspecified atom stereocenters. The molecule has 1 N–H and O–H groups in total. The summed E-state index contributed by atoms with van der Waals surface area (Å²) in [5.41, 5.74) is -0.495. The molecule has 0 atom stereocenters. The molecule has 26 heavy (non-hydrogen) atoms. The Morgan fingerprint density at radius 3 is 2.65 bits per heavy atom. The van der Waals surface area contributed by atoms with Crippen molar-refractivity contribution in [2.45, 2.75) is 19.4 Å². The zero-order chi connectivity index (χ0) is 18.5. The predicted molar refractivity (Wildman–Crippen MR) is 92.5 cm³/mol. The summed E-state index contributed by atoms with van der Waals surface area (Å²) in [6.45, 7) is 1.37. The van der Waals surface area contributed by atoms with Crippen LogP contribution in [0.3, 0.4) is 0 Å². The number of hydrogen-bond donors (Lipinski definition) is 1. The van der Waals surface area contributed by atoms with Crippen LogP contribution in [0.4, 0.5) is 14.5 Å². The fourth-order valence-electron chi connectivity index (χ4n) is 2.36. The van der Waals surface area contributed by atoms with E-state index in [1.54, 1.807) is 12.7 Å². The highest BCUT2D eigenvalue weighted by Crippen LogP contribution is 2.18. The Bertz CT molecular complexity index is 944. The molecule has 136 valence electrons. The molecule has 0 aliphatic heterocycles.